The number of hydrogen-bond donors (Lipinski definition) is 0. The molecule has 3 heterocycles. The van der Waals surface area contributed by atoms with Crippen molar-refractivity contribution in [3.05, 3.63) is 46.6 Å². The normalized spacial score (nSPS) is 17.7. The van der Waals surface area contributed by atoms with Crippen LogP contribution in [0.1, 0.15) is 25.7 Å². The Morgan fingerprint density at radius 1 is 0.743 bits per heavy atom. The molecule has 0 bridgehead atoms. The van der Waals surface area contributed by atoms with Crippen molar-refractivity contribution in [1.82, 2.24) is 0 Å². The van der Waals surface area contributed by atoms with Crippen LogP contribution in [0.4, 0.5) is 11.4 Å². The minimum Gasteiger partial charge on any atom is -0.469 e. The molecule has 0 atom stereocenters. The smallest absolute Gasteiger partial charge is 0.308 e. The third kappa shape index (κ3) is 4.45. The number of hydrogen-bond acceptors (Lipinski definition) is 8. The van der Waals surface area contributed by atoms with E-state index in [0.29, 0.717) is 21.9 Å². The molecular formula is C27H30N2O6. The first-order valence-electron chi connectivity index (χ1n) is 12.1. The Balaban J connectivity index is 1.40. The van der Waals surface area contributed by atoms with Crippen LogP contribution in [0, 0.1) is 11.8 Å². The Morgan fingerprint density at radius 3 is 1.51 bits per heavy atom. The lowest BCUT2D eigenvalue weighted by Crippen LogP contribution is -2.36. The van der Waals surface area contributed by atoms with Crippen molar-refractivity contribution in [3.8, 4) is 0 Å². The zero-order chi connectivity index (χ0) is 24.5. The molecule has 0 N–H and O–H groups in total. The van der Waals surface area contributed by atoms with Gasteiger partial charge in [0.05, 0.1) is 36.8 Å². The standard InChI is InChI=1S/C27H30N2O6/c1-33-26(31)17-7-11-28(12-8-17)19-3-5-21-23(15-19)35-24-16-20(4-6-22(24)25(21)30)29-13-9-18(10-14-29)27(32)34-2/h3-6,15-18H,7-14H2,1-2H3. The molecule has 2 fully saturated rings. The van der Waals surface area contributed by atoms with E-state index >= 15 is 0 Å². The van der Waals surface area contributed by atoms with Crippen LogP contribution >= 0.6 is 0 Å². The summed E-state index contributed by atoms with van der Waals surface area (Å²) in [5, 5.41) is 1.11. The van der Waals surface area contributed by atoms with E-state index in [1.807, 2.05) is 36.4 Å². The van der Waals surface area contributed by atoms with E-state index in [4.69, 9.17) is 13.9 Å². The zero-order valence-corrected chi connectivity index (χ0v) is 20.1. The maximum atomic E-state index is 13.2. The Kier molecular flexibility index (Phi) is 6.36. The maximum absolute atomic E-state index is 13.2. The van der Waals surface area contributed by atoms with Crippen LogP contribution in [0.25, 0.3) is 21.9 Å². The summed E-state index contributed by atoms with van der Waals surface area (Å²) in [4.78, 5) is 41.3. The number of piperidine rings is 2. The Bertz CT molecular complexity index is 1220. The second-order valence-corrected chi connectivity index (χ2v) is 9.36. The molecular weight excluding hydrogens is 448 g/mol. The quantitative estimate of drug-likeness (QED) is 0.414. The lowest BCUT2D eigenvalue weighted by atomic mass is 9.96. The Hall–Kier alpha value is -3.55. The van der Waals surface area contributed by atoms with E-state index in [-0.39, 0.29) is 29.2 Å². The van der Waals surface area contributed by atoms with Crippen LogP contribution in [0.5, 0.6) is 0 Å². The summed E-state index contributed by atoms with van der Waals surface area (Å²) in [5.74, 6) is -0.415. The van der Waals surface area contributed by atoms with Crippen molar-refractivity contribution >= 4 is 45.3 Å². The number of ether oxygens (including phenoxy) is 2. The highest BCUT2D eigenvalue weighted by Gasteiger charge is 2.27. The zero-order valence-electron chi connectivity index (χ0n) is 20.1. The van der Waals surface area contributed by atoms with Crippen LogP contribution in [0.3, 0.4) is 0 Å². The highest BCUT2D eigenvalue weighted by Crippen LogP contribution is 2.30. The monoisotopic (exact) mass is 478 g/mol. The molecule has 3 aromatic rings. The molecule has 0 spiro atoms. The van der Waals surface area contributed by atoms with Gasteiger partial charge in [-0.05, 0) is 49.9 Å². The summed E-state index contributed by atoms with van der Waals surface area (Å²) in [6.07, 6.45) is 2.95. The first-order valence-corrected chi connectivity index (χ1v) is 12.1. The summed E-state index contributed by atoms with van der Waals surface area (Å²) in [7, 11) is 2.86. The van der Waals surface area contributed by atoms with E-state index in [9.17, 15) is 14.4 Å². The van der Waals surface area contributed by atoms with Gasteiger partial charge >= 0.3 is 11.9 Å². The van der Waals surface area contributed by atoms with Crippen LogP contribution < -0.4 is 15.2 Å². The molecule has 0 radical (unpaired) electrons. The molecule has 2 saturated heterocycles. The molecule has 2 aliphatic rings. The van der Waals surface area contributed by atoms with Gasteiger partial charge in [0, 0.05) is 49.7 Å². The number of benzene rings is 2. The highest BCUT2D eigenvalue weighted by molar-refractivity contribution is 5.92. The van der Waals surface area contributed by atoms with E-state index in [0.717, 1.165) is 63.2 Å². The van der Waals surface area contributed by atoms with Crippen LogP contribution in [0.15, 0.2) is 45.6 Å². The second kappa shape index (κ2) is 9.60. The molecule has 0 unspecified atom stereocenters. The van der Waals surface area contributed by atoms with Crippen molar-refractivity contribution in [1.29, 1.82) is 0 Å². The van der Waals surface area contributed by atoms with Gasteiger partial charge in [0.2, 0.25) is 5.43 Å². The third-order valence-corrected chi connectivity index (χ3v) is 7.43. The van der Waals surface area contributed by atoms with Crippen molar-refractivity contribution in [2.75, 3.05) is 50.2 Å². The van der Waals surface area contributed by atoms with Crippen molar-refractivity contribution in [2.45, 2.75) is 25.7 Å². The molecule has 0 saturated carbocycles. The lowest BCUT2D eigenvalue weighted by Gasteiger charge is -2.32. The average Bonchev–Trinajstić information content (AvgIpc) is 2.92. The Morgan fingerprint density at radius 2 is 1.14 bits per heavy atom. The fourth-order valence-electron chi connectivity index (χ4n) is 5.30. The van der Waals surface area contributed by atoms with Crippen LogP contribution in [-0.2, 0) is 19.1 Å². The maximum Gasteiger partial charge on any atom is 0.308 e. The van der Waals surface area contributed by atoms with Crippen molar-refractivity contribution < 1.29 is 23.5 Å². The third-order valence-electron chi connectivity index (χ3n) is 7.43. The minimum atomic E-state index is -0.147. The van der Waals surface area contributed by atoms with Gasteiger partial charge in [-0.15, -0.1) is 0 Å². The molecule has 184 valence electrons. The molecule has 2 aliphatic heterocycles. The summed E-state index contributed by atoms with van der Waals surface area (Å²) in [5.41, 5.74) is 3.01. The molecule has 0 aliphatic carbocycles. The molecule has 1 aromatic heterocycles. The number of fused-ring (bicyclic) bond motifs is 2. The number of carbonyl (C=O) groups excluding carboxylic acids is 2. The molecule has 8 nitrogen and oxygen atoms in total. The topological polar surface area (TPSA) is 89.3 Å². The number of methoxy groups -OCH3 is 2. The highest BCUT2D eigenvalue weighted by atomic mass is 16.5. The van der Waals surface area contributed by atoms with Gasteiger partial charge < -0.3 is 23.7 Å². The fourth-order valence-corrected chi connectivity index (χ4v) is 5.30. The van der Waals surface area contributed by atoms with Crippen LogP contribution in [-0.4, -0.2) is 52.3 Å². The number of rotatable bonds is 4. The first kappa shape index (κ1) is 23.2. The van der Waals surface area contributed by atoms with Crippen molar-refractivity contribution in [2.24, 2.45) is 11.8 Å². The summed E-state index contributed by atoms with van der Waals surface area (Å²) >= 11 is 0. The molecule has 2 aromatic carbocycles. The summed E-state index contributed by atoms with van der Waals surface area (Å²) in [6.45, 7) is 2.98. The van der Waals surface area contributed by atoms with E-state index in [1.165, 1.54) is 14.2 Å². The van der Waals surface area contributed by atoms with E-state index < -0.39 is 0 Å². The van der Waals surface area contributed by atoms with Gasteiger partial charge in [0.1, 0.15) is 11.2 Å². The predicted molar refractivity (Wildman–Crippen MR) is 134 cm³/mol. The predicted octanol–water partition coefficient (Wildman–Crippen LogP) is 3.73. The van der Waals surface area contributed by atoms with Gasteiger partial charge in [0.25, 0.3) is 0 Å². The fraction of sp³-hybridized carbons (Fsp3) is 0.444. The number of anilines is 2. The number of esters is 2. The largest absolute Gasteiger partial charge is 0.469 e. The van der Waals surface area contributed by atoms with Gasteiger partial charge in [-0.2, -0.15) is 0 Å². The molecule has 35 heavy (non-hydrogen) atoms. The summed E-state index contributed by atoms with van der Waals surface area (Å²) < 4.78 is 16.0. The van der Waals surface area contributed by atoms with Gasteiger partial charge in [-0.1, -0.05) is 0 Å². The Labute approximate surface area is 203 Å². The van der Waals surface area contributed by atoms with Crippen molar-refractivity contribution in [3.63, 3.8) is 0 Å². The van der Waals surface area contributed by atoms with E-state index in [2.05, 4.69) is 9.80 Å². The number of nitrogens with zero attached hydrogens (tertiary/aromatic N) is 2. The number of carbonyl (C=O) groups is 2. The SMILES string of the molecule is COC(=O)C1CCN(c2ccc3c(=O)c4ccc(N5CCC(C(=O)OC)CC5)cc4oc3c2)CC1. The lowest BCUT2D eigenvalue weighted by molar-refractivity contribution is -0.146. The molecule has 8 heteroatoms. The summed E-state index contributed by atoms with van der Waals surface area (Å²) in [6, 6.07) is 11.4. The van der Waals surface area contributed by atoms with E-state index in [1.54, 1.807) is 0 Å². The van der Waals surface area contributed by atoms with Gasteiger partial charge in [-0.3, -0.25) is 14.4 Å². The first-order chi connectivity index (χ1) is 17.0. The van der Waals surface area contributed by atoms with Gasteiger partial charge in [0.15, 0.2) is 0 Å². The van der Waals surface area contributed by atoms with Gasteiger partial charge in [-0.25, -0.2) is 0 Å². The average molecular weight is 479 g/mol. The molecule has 5 rings (SSSR count). The molecule has 0 amide bonds. The second-order valence-electron chi connectivity index (χ2n) is 9.36. The van der Waals surface area contributed by atoms with Crippen LogP contribution in [0.2, 0.25) is 0 Å². The minimum absolute atomic E-state index is 0.0480.